The van der Waals surface area contributed by atoms with Crippen LogP contribution in [-0.4, -0.2) is 45.1 Å². The zero-order chi connectivity index (χ0) is 10.8. The number of aliphatic hydroxyl groups excluding tert-OH is 1. The Labute approximate surface area is 91.7 Å². The van der Waals surface area contributed by atoms with Gasteiger partial charge >= 0.3 is 0 Å². The number of halogens is 1. The number of β-amino-alcohol motifs (C(OH)–C–C–N with tert-alkyl or cyclic N) is 1. The first-order valence-corrected chi connectivity index (χ1v) is 4.99. The topological polar surface area (TPSA) is 66.3 Å². The van der Waals surface area contributed by atoms with E-state index in [2.05, 4.69) is 9.97 Å². The third kappa shape index (κ3) is 2.24. The van der Waals surface area contributed by atoms with Crippen LogP contribution >= 0.6 is 11.6 Å². The molecule has 2 heterocycles. The predicted octanol–water partition coefficient (Wildman–Crippen LogP) is 0.337. The zero-order valence-corrected chi connectivity index (χ0v) is 8.68. The molecule has 0 spiro atoms. The van der Waals surface area contributed by atoms with Gasteiger partial charge in [-0.15, -0.1) is 0 Å². The average Bonchev–Trinajstić information content (AvgIpc) is 2.65. The van der Waals surface area contributed by atoms with E-state index in [1.807, 2.05) is 0 Å². The Hall–Kier alpha value is -1.20. The van der Waals surface area contributed by atoms with E-state index in [9.17, 15) is 9.90 Å². The number of hydrogen-bond donors (Lipinski definition) is 1. The molecule has 1 saturated heterocycles. The Bertz CT molecular complexity index is 368. The second kappa shape index (κ2) is 4.12. The van der Waals surface area contributed by atoms with Gasteiger partial charge in [0.05, 0.1) is 18.5 Å². The van der Waals surface area contributed by atoms with Crippen LogP contribution < -0.4 is 0 Å². The van der Waals surface area contributed by atoms with Gasteiger partial charge in [-0.1, -0.05) is 11.6 Å². The number of carbonyl (C=O) groups excluding carboxylic acids is 1. The highest BCUT2D eigenvalue weighted by atomic mass is 35.5. The molecular formula is C9H10ClN3O2. The van der Waals surface area contributed by atoms with Crippen LogP contribution in [0, 0.1) is 0 Å². The average molecular weight is 228 g/mol. The normalized spacial score (nSPS) is 20.7. The quantitative estimate of drug-likeness (QED) is 0.751. The lowest BCUT2D eigenvalue weighted by Crippen LogP contribution is -2.30. The van der Waals surface area contributed by atoms with E-state index in [-0.39, 0.29) is 16.8 Å². The Morgan fingerprint density at radius 2 is 2.33 bits per heavy atom. The number of carbonyl (C=O) groups is 1. The van der Waals surface area contributed by atoms with Gasteiger partial charge in [-0.25, -0.2) is 9.97 Å². The maximum absolute atomic E-state index is 11.8. The fourth-order valence-corrected chi connectivity index (χ4v) is 1.61. The molecule has 1 aliphatic heterocycles. The SMILES string of the molecule is O=C(c1cnc(Cl)cn1)N1CC[C@H](O)C1. The maximum Gasteiger partial charge on any atom is 0.274 e. The predicted molar refractivity (Wildman–Crippen MR) is 53.6 cm³/mol. The van der Waals surface area contributed by atoms with Crippen molar-refractivity contribution in [1.82, 2.24) is 14.9 Å². The lowest BCUT2D eigenvalue weighted by Gasteiger charge is -2.14. The van der Waals surface area contributed by atoms with Crippen LogP contribution in [0.2, 0.25) is 5.15 Å². The molecule has 1 N–H and O–H groups in total. The molecule has 0 radical (unpaired) electrons. The summed E-state index contributed by atoms with van der Waals surface area (Å²) in [6, 6.07) is 0. The van der Waals surface area contributed by atoms with E-state index in [4.69, 9.17) is 11.6 Å². The van der Waals surface area contributed by atoms with Crippen LogP contribution in [0.3, 0.4) is 0 Å². The lowest BCUT2D eigenvalue weighted by atomic mass is 10.3. The van der Waals surface area contributed by atoms with Crippen molar-refractivity contribution in [2.45, 2.75) is 12.5 Å². The van der Waals surface area contributed by atoms with Gasteiger partial charge in [-0.05, 0) is 6.42 Å². The molecule has 0 unspecified atom stereocenters. The highest BCUT2D eigenvalue weighted by molar-refractivity contribution is 6.29. The largest absolute Gasteiger partial charge is 0.391 e. The smallest absolute Gasteiger partial charge is 0.274 e. The molecule has 1 aromatic heterocycles. The van der Waals surface area contributed by atoms with Gasteiger partial charge < -0.3 is 10.0 Å². The summed E-state index contributed by atoms with van der Waals surface area (Å²) in [6.45, 7) is 0.924. The van der Waals surface area contributed by atoms with Gasteiger partial charge in [0.25, 0.3) is 5.91 Å². The van der Waals surface area contributed by atoms with Crippen molar-refractivity contribution in [1.29, 1.82) is 0 Å². The Morgan fingerprint density at radius 1 is 1.53 bits per heavy atom. The van der Waals surface area contributed by atoms with Crippen molar-refractivity contribution in [2.24, 2.45) is 0 Å². The summed E-state index contributed by atoms with van der Waals surface area (Å²) in [7, 11) is 0. The van der Waals surface area contributed by atoms with Gasteiger partial charge in [0, 0.05) is 13.1 Å². The van der Waals surface area contributed by atoms with Gasteiger partial charge in [-0.3, -0.25) is 4.79 Å². The number of amides is 1. The van der Waals surface area contributed by atoms with E-state index < -0.39 is 6.10 Å². The fourth-order valence-electron chi connectivity index (χ4n) is 1.51. The number of hydrogen-bond acceptors (Lipinski definition) is 4. The monoisotopic (exact) mass is 227 g/mol. The van der Waals surface area contributed by atoms with Crippen molar-refractivity contribution in [3.63, 3.8) is 0 Å². The van der Waals surface area contributed by atoms with Gasteiger partial charge in [0.2, 0.25) is 0 Å². The highest BCUT2D eigenvalue weighted by Gasteiger charge is 2.26. The van der Waals surface area contributed by atoms with Crippen LogP contribution in [0.4, 0.5) is 0 Å². The molecular weight excluding hydrogens is 218 g/mol. The molecule has 0 aromatic carbocycles. The van der Waals surface area contributed by atoms with E-state index in [0.717, 1.165) is 0 Å². The first kappa shape index (κ1) is 10.3. The summed E-state index contributed by atoms with van der Waals surface area (Å²) in [6.07, 6.45) is 2.87. The molecule has 1 atom stereocenters. The molecule has 15 heavy (non-hydrogen) atoms. The lowest BCUT2D eigenvalue weighted by molar-refractivity contribution is 0.0759. The molecule has 1 aliphatic rings. The molecule has 80 valence electrons. The number of likely N-dealkylation sites (tertiary alicyclic amines) is 1. The number of aromatic nitrogens is 2. The fraction of sp³-hybridized carbons (Fsp3) is 0.444. The standard InChI is InChI=1S/C9H10ClN3O2/c10-8-4-11-7(3-12-8)9(15)13-2-1-6(14)5-13/h3-4,6,14H,1-2,5H2/t6-/m0/s1. The molecule has 1 fully saturated rings. The molecule has 5 nitrogen and oxygen atoms in total. The molecule has 6 heteroatoms. The molecule has 2 rings (SSSR count). The van der Waals surface area contributed by atoms with E-state index >= 15 is 0 Å². The third-order valence-corrected chi connectivity index (χ3v) is 2.49. The summed E-state index contributed by atoms with van der Waals surface area (Å²) in [5, 5.41) is 9.55. The summed E-state index contributed by atoms with van der Waals surface area (Å²) < 4.78 is 0. The van der Waals surface area contributed by atoms with Crippen molar-refractivity contribution < 1.29 is 9.90 Å². The second-order valence-corrected chi connectivity index (χ2v) is 3.81. The van der Waals surface area contributed by atoms with Crippen molar-refractivity contribution >= 4 is 17.5 Å². The molecule has 0 saturated carbocycles. The van der Waals surface area contributed by atoms with Crippen molar-refractivity contribution in [2.75, 3.05) is 13.1 Å². The van der Waals surface area contributed by atoms with Crippen molar-refractivity contribution in [3.8, 4) is 0 Å². The van der Waals surface area contributed by atoms with E-state index in [1.165, 1.54) is 12.4 Å². The highest BCUT2D eigenvalue weighted by Crippen LogP contribution is 2.12. The van der Waals surface area contributed by atoms with Gasteiger partial charge in [0.15, 0.2) is 0 Å². The molecule has 1 aromatic rings. The first-order chi connectivity index (χ1) is 7.16. The summed E-state index contributed by atoms with van der Waals surface area (Å²) >= 11 is 5.56. The number of rotatable bonds is 1. The van der Waals surface area contributed by atoms with E-state index in [1.54, 1.807) is 4.90 Å². The summed E-state index contributed by atoms with van der Waals surface area (Å²) in [4.78, 5) is 21.0. The van der Waals surface area contributed by atoms with Crippen LogP contribution in [0.5, 0.6) is 0 Å². The van der Waals surface area contributed by atoms with Gasteiger partial charge in [-0.2, -0.15) is 0 Å². The molecule has 0 aliphatic carbocycles. The minimum absolute atomic E-state index is 0.212. The Morgan fingerprint density at radius 3 is 2.87 bits per heavy atom. The van der Waals surface area contributed by atoms with Gasteiger partial charge in [0.1, 0.15) is 10.8 Å². The third-order valence-electron chi connectivity index (χ3n) is 2.29. The van der Waals surface area contributed by atoms with Crippen LogP contribution in [0.1, 0.15) is 16.9 Å². The number of nitrogens with zero attached hydrogens (tertiary/aromatic N) is 3. The minimum atomic E-state index is -0.422. The minimum Gasteiger partial charge on any atom is -0.391 e. The molecule has 1 amide bonds. The zero-order valence-electron chi connectivity index (χ0n) is 7.93. The van der Waals surface area contributed by atoms with Crippen LogP contribution in [0.25, 0.3) is 0 Å². The summed E-state index contributed by atoms with van der Waals surface area (Å²) in [5.74, 6) is -0.212. The Balaban J connectivity index is 2.11. The van der Waals surface area contributed by atoms with Crippen LogP contribution in [-0.2, 0) is 0 Å². The Kier molecular flexibility index (Phi) is 2.83. The molecule has 0 bridgehead atoms. The maximum atomic E-state index is 11.8. The second-order valence-electron chi connectivity index (χ2n) is 3.42. The first-order valence-electron chi connectivity index (χ1n) is 4.61. The van der Waals surface area contributed by atoms with Crippen LogP contribution in [0.15, 0.2) is 12.4 Å². The summed E-state index contributed by atoms with van der Waals surface area (Å²) in [5.41, 5.74) is 0.258. The number of aliphatic hydroxyl groups is 1. The van der Waals surface area contributed by atoms with Crippen molar-refractivity contribution in [3.05, 3.63) is 23.2 Å². The van der Waals surface area contributed by atoms with E-state index in [0.29, 0.717) is 19.5 Å².